The fourth-order valence-electron chi connectivity index (χ4n) is 5.52. The highest BCUT2D eigenvalue weighted by Crippen LogP contribution is 2.46. The average Bonchev–Trinajstić information content (AvgIpc) is 3.48. The molecule has 3 N–H and O–H groups in total. The number of anilines is 1. The summed E-state index contributed by atoms with van der Waals surface area (Å²) in [5, 5.41) is 3.76. The second-order valence-corrected chi connectivity index (χ2v) is 9.33. The predicted octanol–water partition coefficient (Wildman–Crippen LogP) is 5.44. The third-order valence-corrected chi connectivity index (χ3v) is 7.42. The zero-order valence-corrected chi connectivity index (χ0v) is 18.3. The molecule has 4 heterocycles. The lowest BCUT2D eigenvalue weighted by Gasteiger charge is -2.47. The molecule has 164 valence electrons. The molecule has 0 radical (unpaired) electrons. The minimum Gasteiger partial charge on any atom is -0.364 e. The Bertz CT molecular complexity index is 1280. The summed E-state index contributed by atoms with van der Waals surface area (Å²) in [4.78, 5) is 24.0. The van der Waals surface area contributed by atoms with Crippen LogP contribution >= 0.6 is 11.6 Å². The molecule has 3 saturated carbocycles. The number of aromatic nitrogens is 6. The van der Waals surface area contributed by atoms with E-state index >= 15 is 4.39 Å². The average molecular weight is 452 g/mol. The molecule has 0 aliphatic heterocycles. The van der Waals surface area contributed by atoms with Crippen LogP contribution in [0.15, 0.2) is 30.7 Å². The van der Waals surface area contributed by atoms with E-state index in [1.165, 1.54) is 31.9 Å². The van der Waals surface area contributed by atoms with Crippen LogP contribution in [0.4, 0.5) is 10.2 Å². The summed E-state index contributed by atoms with van der Waals surface area (Å²) in [6.45, 7) is 2.27. The molecule has 32 heavy (non-hydrogen) atoms. The van der Waals surface area contributed by atoms with Gasteiger partial charge in [0, 0.05) is 18.4 Å². The Morgan fingerprint density at radius 3 is 2.66 bits per heavy atom. The summed E-state index contributed by atoms with van der Waals surface area (Å²) in [6, 6.07) is 3.83. The van der Waals surface area contributed by atoms with Crippen LogP contribution in [0, 0.1) is 23.6 Å². The molecule has 0 saturated heterocycles. The van der Waals surface area contributed by atoms with Crippen LogP contribution in [0.3, 0.4) is 0 Å². The molecule has 0 spiro atoms. The summed E-state index contributed by atoms with van der Waals surface area (Å²) in [5.41, 5.74) is 2.57. The van der Waals surface area contributed by atoms with Crippen LogP contribution in [0.5, 0.6) is 0 Å². The Labute approximate surface area is 189 Å². The standard InChI is InChI=1S/C23H23ClFN7/c1-11-12-4-6-13(7-5-12)18(11)30-22-17(25)20(15-3-2-8-26-15)31-21(32-22)14-9-27-23-19(14)29-16(24)10-28-23/h2-3,8-13,18,26H,4-7H2,1H3,(H,27,28)(H,30,31,32)/t11-,12?,13?,18+/m0/s1. The number of rotatable bonds is 4. The van der Waals surface area contributed by atoms with Gasteiger partial charge in [0.2, 0.25) is 0 Å². The highest BCUT2D eigenvalue weighted by molar-refractivity contribution is 6.29. The maximum atomic E-state index is 15.7. The molecule has 0 aromatic carbocycles. The summed E-state index contributed by atoms with van der Waals surface area (Å²) in [6.07, 6.45) is 9.88. The molecule has 2 atom stereocenters. The monoisotopic (exact) mass is 451 g/mol. The van der Waals surface area contributed by atoms with Gasteiger partial charge in [-0.1, -0.05) is 18.5 Å². The summed E-state index contributed by atoms with van der Waals surface area (Å²) in [7, 11) is 0. The Hall–Kier alpha value is -3.00. The number of hydrogen-bond donors (Lipinski definition) is 3. The smallest absolute Gasteiger partial charge is 0.193 e. The number of hydrogen-bond acceptors (Lipinski definition) is 5. The first-order valence-electron chi connectivity index (χ1n) is 11.1. The van der Waals surface area contributed by atoms with Crippen molar-refractivity contribution in [2.75, 3.05) is 5.32 Å². The molecule has 4 aromatic heterocycles. The van der Waals surface area contributed by atoms with Crippen LogP contribution in [0.2, 0.25) is 5.15 Å². The molecule has 4 aromatic rings. The van der Waals surface area contributed by atoms with E-state index in [0.717, 1.165) is 0 Å². The van der Waals surface area contributed by atoms with Gasteiger partial charge in [0.25, 0.3) is 0 Å². The number of H-pyrrole nitrogens is 2. The van der Waals surface area contributed by atoms with Crippen molar-refractivity contribution in [3.63, 3.8) is 0 Å². The number of fused-ring (bicyclic) bond motifs is 4. The Morgan fingerprint density at radius 1 is 1.09 bits per heavy atom. The van der Waals surface area contributed by atoms with E-state index in [0.29, 0.717) is 46.0 Å². The molecule has 3 aliphatic rings. The fraction of sp³-hybridized carbons (Fsp3) is 0.391. The first-order valence-corrected chi connectivity index (χ1v) is 11.4. The second-order valence-electron chi connectivity index (χ2n) is 8.94. The van der Waals surface area contributed by atoms with E-state index < -0.39 is 5.82 Å². The number of aromatic amines is 2. The van der Waals surface area contributed by atoms with Gasteiger partial charge in [0.05, 0.1) is 17.5 Å². The molecule has 3 fully saturated rings. The third-order valence-electron chi connectivity index (χ3n) is 7.23. The van der Waals surface area contributed by atoms with Crippen LogP contribution < -0.4 is 5.32 Å². The van der Waals surface area contributed by atoms with Gasteiger partial charge in [0.1, 0.15) is 16.4 Å². The fourth-order valence-corrected chi connectivity index (χ4v) is 5.65. The van der Waals surface area contributed by atoms with E-state index in [2.05, 4.69) is 42.1 Å². The molecule has 0 unspecified atom stereocenters. The lowest BCUT2D eigenvalue weighted by Crippen LogP contribution is -2.47. The van der Waals surface area contributed by atoms with E-state index in [9.17, 15) is 0 Å². The molecular formula is C23H23ClFN7. The van der Waals surface area contributed by atoms with E-state index in [-0.39, 0.29) is 22.7 Å². The molecule has 7 nitrogen and oxygen atoms in total. The highest BCUT2D eigenvalue weighted by Gasteiger charge is 2.41. The van der Waals surface area contributed by atoms with Crippen molar-refractivity contribution in [3.05, 3.63) is 41.7 Å². The maximum absolute atomic E-state index is 15.7. The van der Waals surface area contributed by atoms with Gasteiger partial charge in [0.15, 0.2) is 23.1 Å². The quantitative estimate of drug-likeness (QED) is 0.384. The largest absolute Gasteiger partial charge is 0.364 e. The normalized spacial score (nSPS) is 24.8. The van der Waals surface area contributed by atoms with Crippen molar-refractivity contribution < 1.29 is 4.39 Å². The summed E-state index contributed by atoms with van der Waals surface area (Å²) >= 11 is 6.08. The van der Waals surface area contributed by atoms with Crippen LogP contribution in [0.25, 0.3) is 33.9 Å². The molecule has 2 bridgehead atoms. The van der Waals surface area contributed by atoms with Crippen molar-refractivity contribution in [3.8, 4) is 22.8 Å². The zero-order valence-electron chi connectivity index (χ0n) is 17.6. The first-order chi connectivity index (χ1) is 15.6. The van der Waals surface area contributed by atoms with Gasteiger partial charge >= 0.3 is 0 Å². The topological polar surface area (TPSA) is 95.2 Å². The number of halogens is 2. The van der Waals surface area contributed by atoms with Crippen molar-refractivity contribution in [1.29, 1.82) is 0 Å². The van der Waals surface area contributed by atoms with Crippen LogP contribution in [-0.4, -0.2) is 35.9 Å². The van der Waals surface area contributed by atoms with E-state index in [1.54, 1.807) is 18.5 Å². The van der Waals surface area contributed by atoms with Crippen molar-refractivity contribution in [2.45, 2.75) is 38.6 Å². The minimum atomic E-state index is -0.450. The highest BCUT2D eigenvalue weighted by atomic mass is 35.5. The van der Waals surface area contributed by atoms with E-state index in [4.69, 9.17) is 11.6 Å². The van der Waals surface area contributed by atoms with Gasteiger partial charge in [-0.25, -0.2) is 24.3 Å². The molecule has 7 rings (SSSR count). The predicted molar refractivity (Wildman–Crippen MR) is 122 cm³/mol. The summed E-state index contributed by atoms with van der Waals surface area (Å²) in [5.74, 6) is 1.86. The number of nitrogens with one attached hydrogen (secondary N) is 3. The number of nitrogens with zero attached hydrogens (tertiary/aromatic N) is 4. The summed E-state index contributed by atoms with van der Waals surface area (Å²) < 4.78 is 15.7. The lowest BCUT2D eigenvalue weighted by atomic mass is 9.62. The second kappa shape index (κ2) is 7.55. The Morgan fingerprint density at radius 2 is 1.91 bits per heavy atom. The SMILES string of the molecule is C[C@H]1C2CCC(CC2)[C@@H]1Nc1nc(-c2c[nH]c3ncc(Cl)nc23)nc(-c2ccc[nH]2)c1F. The van der Waals surface area contributed by atoms with Gasteiger partial charge in [-0.2, -0.15) is 0 Å². The Kier molecular flexibility index (Phi) is 4.64. The maximum Gasteiger partial charge on any atom is 0.193 e. The van der Waals surface area contributed by atoms with Crippen molar-refractivity contribution >= 4 is 28.6 Å². The third kappa shape index (κ3) is 3.16. The van der Waals surface area contributed by atoms with Crippen molar-refractivity contribution in [2.24, 2.45) is 17.8 Å². The lowest BCUT2D eigenvalue weighted by molar-refractivity contribution is 0.0926. The molecular weight excluding hydrogens is 429 g/mol. The first kappa shape index (κ1) is 19.7. The van der Waals surface area contributed by atoms with E-state index in [1.807, 2.05) is 6.07 Å². The van der Waals surface area contributed by atoms with Crippen LogP contribution in [-0.2, 0) is 0 Å². The van der Waals surface area contributed by atoms with Crippen molar-refractivity contribution in [1.82, 2.24) is 29.9 Å². The van der Waals surface area contributed by atoms with Gasteiger partial charge in [-0.3, -0.25) is 0 Å². The van der Waals surface area contributed by atoms with Gasteiger partial charge < -0.3 is 15.3 Å². The minimum absolute atomic E-state index is 0.202. The molecule has 9 heteroatoms. The molecule has 0 amide bonds. The Balaban J connectivity index is 1.48. The molecule has 3 aliphatic carbocycles. The van der Waals surface area contributed by atoms with Crippen LogP contribution in [0.1, 0.15) is 32.6 Å². The van der Waals surface area contributed by atoms with Gasteiger partial charge in [-0.15, -0.1) is 0 Å². The zero-order chi connectivity index (χ0) is 21.8. The van der Waals surface area contributed by atoms with Gasteiger partial charge in [-0.05, 0) is 55.6 Å².